The van der Waals surface area contributed by atoms with Crippen molar-refractivity contribution in [3.8, 4) is 0 Å². The number of aryl methyl sites for hydroxylation is 1. The van der Waals surface area contributed by atoms with Crippen LogP contribution in [0.1, 0.15) is 18.1 Å². The first-order chi connectivity index (χ1) is 13.2. The molecule has 28 heavy (non-hydrogen) atoms. The van der Waals surface area contributed by atoms with E-state index in [2.05, 4.69) is 10.6 Å². The second kappa shape index (κ2) is 9.36. The number of halogens is 3. The van der Waals surface area contributed by atoms with Crippen LogP contribution in [-0.2, 0) is 15.8 Å². The number of amides is 2. The van der Waals surface area contributed by atoms with Crippen LogP contribution in [-0.4, -0.2) is 36.3 Å². The number of para-hydroxylation sites is 1. The maximum absolute atomic E-state index is 13.0. The van der Waals surface area contributed by atoms with E-state index in [1.807, 2.05) is 25.1 Å². The minimum atomic E-state index is -4.57. The van der Waals surface area contributed by atoms with Crippen molar-refractivity contribution in [3.05, 3.63) is 59.7 Å². The average molecular weight is 393 g/mol. The lowest BCUT2D eigenvalue weighted by Crippen LogP contribution is -2.38. The lowest BCUT2D eigenvalue weighted by molar-refractivity contribution is -0.137. The molecule has 0 heterocycles. The van der Waals surface area contributed by atoms with Crippen molar-refractivity contribution in [1.82, 2.24) is 4.90 Å². The number of alkyl halides is 3. The first kappa shape index (κ1) is 21.4. The number of carbonyl (C=O) groups excluding carboxylic acids is 2. The third kappa shape index (κ3) is 6.38. The minimum Gasteiger partial charge on any atom is -0.325 e. The molecular weight excluding hydrogens is 371 g/mol. The molecule has 0 unspecified atom stereocenters. The van der Waals surface area contributed by atoms with Crippen LogP contribution in [0.25, 0.3) is 0 Å². The van der Waals surface area contributed by atoms with E-state index in [1.54, 1.807) is 13.0 Å². The molecule has 150 valence electrons. The molecule has 2 aromatic rings. The van der Waals surface area contributed by atoms with E-state index < -0.39 is 17.6 Å². The van der Waals surface area contributed by atoms with E-state index in [0.29, 0.717) is 12.2 Å². The van der Waals surface area contributed by atoms with E-state index >= 15 is 0 Å². The van der Waals surface area contributed by atoms with Crippen LogP contribution in [0, 0.1) is 6.92 Å². The molecule has 0 aliphatic heterocycles. The number of nitrogens with zero attached hydrogens (tertiary/aromatic N) is 1. The van der Waals surface area contributed by atoms with Crippen LogP contribution in [0.5, 0.6) is 0 Å². The molecule has 0 radical (unpaired) electrons. The predicted octanol–water partition coefficient (Wildman–Crippen LogP) is 3.91. The highest BCUT2D eigenvalue weighted by Crippen LogP contribution is 2.34. The molecule has 2 amide bonds. The Morgan fingerprint density at radius 1 is 0.964 bits per heavy atom. The highest BCUT2D eigenvalue weighted by atomic mass is 19.4. The summed E-state index contributed by atoms with van der Waals surface area (Å²) in [6.45, 7) is 3.78. The number of anilines is 2. The van der Waals surface area contributed by atoms with Crippen molar-refractivity contribution in [2.24, 2.45) is 0 Å². The van der Waals surface area contributed by atoms with Crippen LogP contribution < -0.4 is 10.6 Å². The van der Waals surface area contributed by atoms with Crippen LogP contribution >= 0.6 is 0 Å². The second-order valence-electron chi connectivity index (χ2n) is 6.31. The molecule has 0 fully saturated rings. The van der Waals surface area contributed by atoms with Crippen LogP contribution in [0.3, 0.4) is 0 Å². The lowest BCUT2D eigenvalue weighted by atomic mass is 10.1. The zero-order chi connectivity index (χ0) is 20.7. The molecule has 0 bridgehead atoms. The molecule has 2 rings (SSSR count). The van der Waals surface area contributed by atoms with Gasteiger partial charge in [-0.2, -0.15) is 13.2 Å². The van der Waals surface area contributed by atoms with Crippen LogP contribution in [0.2, 0.25) is 0 Å². The zero-order valence-corrected chi connectivity index (χ0v) is 15.6. The van der Waals surface area contributed by atoms with Crippen LogP contribution in [0.4, 0.5) is 24.5 Å². The zero-order valence-electron chi connectivity index (χ0n) is 15.6. The van der Waals surface area contributed by atoms with Crippen molar-refractivity contribution in [2.75, 3.05) is 30.3 Å². The molecule has 0 saturated carbocycles. The highest BCUT2D eigenvalue weighted by Gasteiger charge is 2.33. The lowest BCUT2D eigenvalue weighted by Gasteiger charge is -2.20. The second-order valence-corrected chi connectivity index (χ2v) is 6.31. The first-order valence-electron chi connectivity index (χ1n) is 8.74. The molecule has 0 aliphatic carbocycles. The minimum absolute atomic E-state index is 0.0568. The number of rotatable bonds is 7. The van der Waals surface area contributed by atoms with Gasteiger partial charge in [-0.25, -0.2) is 0 Å². The van der Waals surface area contributed by atoms with Gasteiger partial charge in [-0.1, -0.05) is 31.2 Å². The van der Waals surface area contributed by atoms with Gasteiger partial charge < -0.3 is 10.6 Å². The normalized spacial score (nSPS) is 11.4. The number of benzene rings is 2. The third-order valence-corrected chi connectivity index (χ3v) is 3.99. The van der Waals surface area contributed by atoms with Crippen molar-refractivity contribution in [2.45, 2.75) is 20.0 Å². The summed E-state index contributed by atoms with van der Waals surface area (Å²) in [5.74, 6) is -0.933. The quantitative estimate of drug-likeness (QED) is 0.750. The Bertz CT molecular complexity index is 837. The molecule has 0 saturated heterocycles. The molecule has 0 aliphatic rings. The van der Waals surface area contributed by atoms with Gasteiger partial charge in [0.25, 0.3) is 0 Å². The molecular formula is C20H22F3N3O2. The predicted molar refractivity (Wildman–Crippen MR) is 102 cm³/mol. The topological polar surface area (TPSA) is 61.4 Å². The van der Waals surface area contributed by atoms with Crippen molar-refractivity contribution in [1.29, 1.82) is 0 Å². The molecule has 0 spiro atoms. The Balaban J connectivity index is 1.95. The van der Waals surface area contributed by atoms with E-state index in [1.165, 1.54) is 23.1 Å². The van der Waals surface area contributed by atoms with Crippen LogP contribution in [0.15, 0.2) is 48.5 Å². The van der Waals surface area contributed by atoms with Gasteiger partial charge in [0, 0.05) is 5.69 Å². The summed E-state index contributed by atoms with van der Waals surface area (Å²) >= 11 is 0. The van der Waals surface area contributed by atoms with Gasteiger partial charge in [0.15, 0.2) is 0 Å². The molecule has 8 heteroatoms. The smallest absolute Gasteiger partial charge is 0.325 e. The average Bonchev–Trinajstić information content (AvgIpc) is 2.60. The van der Waals surface area contributed by atoms with E-state index in [-0.39, 0.29) is 24.7 Å². The first-order valence-corrected chi connectivity index (χ1v) is 8.74. The van der Waals surface area contributed by atoms with Gasteiger partial charge in [0.05, 0.1) is 24.3 Å². The monoisotopic (exact) mass is 393 g/mol. The molecule has 2 aromatic carbocycles. The van der Waals surface area contributed by atoms with Crippen molar-refractivity contribution in [3.63, 3.8) is 0 Å². The summed E-state index contributed by atoms with van der Waals surface area (Å²) in [5.41, 5.74) is 0.418. The summed E-state index contributed by atoms with van der Waals surface area (Å²) in [7, 11) is 0. The highest BCUT2D eigenvalue weighted by molar-refractivity contribution is 5.95. The summed E-state index contributed by atoms with van der Waals surface area (Å²) in [5, 5.41) is 5.02. The summed E-state index contributed by atoms with van der Waals surface area (Å²) < 4.78 is 39.1. The van der Waals surface area contributed by atoms with Crippen molar-refractivity contribution >= 4 is 23.2 Å². The summed E-state index contributed by atoms with van der Waals surface area (Å²) in [6, 6.07) is 12.1. The Morgan fingerprint density at radius 3 is 2.21 bits per heavy atom. The van der Waals surface area contributed by atoms with Gasteiger partial charge in [-0.15, -0.1) is 0 Å². The van der Waals surface area contributed by atoms with E-state index in [9.17, 15) is 22.8 Å². The largest absolute Gasteiger partial charge is 0.418 e. The number of hydrogen-bond donors (Lipinski definition) is 2. The van der Waals surface area contributed by atoms with E-state index in [4.69, 9.17) is 0 Å². The third-order valence-electron chi connectivity index (χ3n) is 3.99. The number of hydrogen-bond acceptors (Lipinski definition) is 3. The Morgan fingerprint density at radius 2 is 1.61 bits per heavy atom. The maximum atomic E-state index is 13.0. The SMILES string of the molecule is CCN(CC(=O)Nc1cccc(C)c1)CC(=O)Nc1ccccc1C(F)(F)F. The molecule has 0 aromatic heterocycles. The molecule has 2 N–H and O–H groups in total. The van der Waals surface area contributed by atoms with Gasteiger partial charge in [0.2, 0.25) is 11.8 Å². The van der Waals surface area contributed by atoms with Gasteiger partial charge in [-0.05, 0) is 43.3 Å². The number of nitrogens with one attached hydrogen (secondary N) is 2. The van der Waals surface area contributed by atoms with Crippen molar-refractivity contribution < 1.29 is 22.8 Å². The fraction of sp³-hybridized carbons (Fsp3) is 0.300. The van der Waals surface area contributed by atoms with E-state index in [0.717, 1.165) is 11.6 Å². The number of carbonyl (C=O) groups is 2. The fourth-order valence-electron chi connectivity index (χ4n) is 2.64. The summed E-state index contributed by atoms with van der Waals surface area (Å²) in [6.07, 6.45) is -4.57. The molecule has 5 nitrogen and oxygen atoms in total. The Labute approximate surface area is 161 Å². The fourth-order valence-corrected chi connectivity index (χ4v) is 2.64. The Hall–Kier alpha value is -2.87. The van der Waals surface area contributed by atoms with Gasteiger partial charge in [0.1, 0.15) is 0 Å². The Kier molecular flexibility index (Phi) is 7.17. The van der Waals surface area contributed by atoms with Gasteiger partial charge >= 0.3 is 6.18 Å². The summed E-state index contributed by atoms with van der Waals surface area (Å²) in [4.78, 5) is 25.9. The number of likely N-dealkylation sites (N-methyl/N-ethyl adjacent to an activating group) is 1. The molecule has 0 atom stereocenters. The van der Waals surface area contributed by atoms with Gasteiger partial charge in [-0.3, -0.25) is 14.5 Å². The standard InChI is InChI=1S/C20H22F3N3O2/c1-3-26(12-18(27)24-15-8-6-7-14(2)11-15)13-19(28)25-17-10-5-4-9-16(17)20(21,22)23/h4-11H,3,12-13H2,1-2H3,(H,24,27)(H,25,28). The maximum Gasteiger partial charge on any atom is 0.418 e.